The number of halogens is 1. The number of hydrogen-bond acceptors (Lipinski definition) is 0. The molecule has 0 heterocycles. The van der Waals surface area contributed by atoms with Crippen LogP contribution >= 0.6 is 0 Å². The molecule has 0 radical (unpaired) electrons. The first kappa shape index (κ1) is 14.6. The third-order valence-electron chi connectivity index (χ3n) is 7.09. The van der Waals surface area contributed by atoms with Crippen LogP contribution in [0.2, 0.25) is 0 Å². The lowest BCUT2D eigenvalue weighted by atomic mass is 9.50. The largest absolute Gasteiger partial charge is 0.244 e. The Balaban J connectivity index is 1.88. The van der Waals surface area contributed by atoms with E-state index in [1.807, 2.05) is 0 Å². The van der Waals surface area contributed by atoms with Crippen LogP contribution in [0.5, 0.6) is 0 Å². The summed E-state index contributed by atoms with van der Waals surface area (Å²) in [6.45, 7) is 6.82. The molecule has 0 aromatic carbocycles. The second-order valence-corrected chi connectivity index (χ2v) is 7.97. The lowest BCUT2D eigenvalue weighted by Crippen LogP contribution is -2.51. The minimum Gasteiger partial charge on any atom is -0.244 e. The summed E-state index contributed by atoms with van der Waals surface area (Å²) in [4.78, 5) is 0. The molecule has 114 valence electrons. The molecule has 1 heteroatoms. The van der Waals surface area contributed by atoms with Crippen LogP contribution in [-0.4, -0.2) is 5.67 Å². The Morgan fingerprint density at radius 3 is 2.85 bits per heavy atom. The molecule has 0 bridgehead atoms. The zero-order chi connectivity index (χ0) is 14.4. The summed E-state index contributed by atoms with van der Waals surface area (Å²) in [7, 11) is 0. The Morgan fingerprint density at radius 1 is 1.30 bits per heavy atom. The highest BCUT2D eigenvalue weighted by Gasteiger charge is 2.54. The van der Waals surface area contributed by atoms with Gasteiger partial charge in [0.25, 0.3) is 0 Å². The second kappa shape index (κ2) is 5.14. The molecule has 5 atom stereocenters. The van der Waals surface area contributed by atoms with Crippen LogP contribution in [0.15, 0.2) is 11.6 Å². The van der Waals surface area contributed by atoms with Gasteiger partial charge in [0.2, 0.25) is 0 Å². The van der Waals surface area contributed by atoms with Crippen LogP contribution in [0.3, 0.4) is 0 Å². The van der Waals surface area contributed by atoms with Crippen LogP contribution in [0.1, 0.15) is 78.6 Å². The Kier molecular flexibility index (Phi) is 3.75. The van der Waals surface area contributed by atoms with Crippen LogP contribution in [0, 0.1) is 23.2 Å². The molecular weight excluding hydrogens is 247 g/mol. The summed E-state index contributed by atoms with van der Waals surface area (Å²) < 4.78 is 15.3. The lowest BCUT2D eigenvalue weighted by Gasteiger charge is -2.56. The van der Waals surface area contributed by atoms with Gasteiger partial charge in [0.1, 0.15) is 5.67 Å². The van der Waals surface area contributed by atoms with E-state index in [0.29, 0.717) is 11.3 Å². The standard InChI is InChI=1S/C19H31F/c1-4-11-19(20)13-10-17-16(14(19)2)9-8-15-7-5-6-12-18(15,17)3/h8,14,16-17H,4-7,9-13H2,1-3H3/t14?,16?,17?,18-,19?/m0/s1. The predicted octanol–water partition coefficient (Wildman–Crippen LogP) is 6.07. The highest BCUT2D eigenvalue weighted by atomic mass is 19.1. The van der Waals surface area contributed by atoms with Gasteiger partial charge in [0, 0.05) is 0 Å². The summed E-state index contributed by atoms with van der Waals surface area (Å²) in [6.07, 6.45) is 12.7. The van der Waals surface area contributed by atoms with E-state index in [4.69, 9.17) is 0 Å². The van der Waals surface area contributed by atoms with Crippen molar-refractivity contribution >= 4 is 0 Å². The lowest BCUT2D eigenvalue weighted by molar-refractivity contribution is -0.0649. The van der Waals surface area contributed by atoms with Crippen molar-refractivity contribution in [2.75, 3.05) is 0 Å². The van der Waals surface area contributed by atoms with E-state index in [0.717, 1.165) is 38.0 Å². The normalized spacial score (nSPS) is 48.2. The molecule has 0 aromatic rings. The van der Waals surface area contributed by atoms with Crippen molar-refractivity contribution in [2.24, 2.45) is 23.2 Å². The smallest absolute Gasteiger partial charge is 0.113 e. The molecule has 20 heavy (non-hydrogen) atoms. The summed E-state index contributed by atoms with van der Waals surface area (Å²) >= 11 is 0. The van der Waals surface area contributed by atoms with E-state index in [1.54, 1.807) is 5.57 Å². The number of rotatable bonds is 2. The Hall–Kier alpha value is -0.330. The van der Waals surface area contributed by atoms with Gasteiger partial charge in [0.05, 0.1) is 0 Å². The van der Waals surface area contributed by atoms with E-state index in [9.17, 15) is 0 Å². The summed E-state index contributed by atoms with van der Waals surface area (Å²) in [5, 5.41) is 0. The van der Waals surface area contributed by atoms with Crippen LogP contribution in [0.4, 0.5) is 4.39 Å². The maximum absolute atomic E-state index is 15.3. The van der Waals surface area contributed by atoms with Gasteiger partial charge in [-0.25, -0.2) is 4.39 Å². The molecule has 0 amide bonds. The average molecular weight is 278 g/mol. The topological polar surface area (TPSA) is 0 Å². The molecule has 0 N–H and O–H groups in total. The van der Waals surface area contributed by atoms with Crippen molar-refractivity contribution in [3.63, 3.8) is 0 Å². The maximum atomic E-state index is 15.3. The van der Waals surface area contributed by atoms with Gasteiger partial charge in [-0.15, -0.1) is 0 Å². The van der Waals surface area contributed by atoms with Gasteiger partial charge < -0.3 is 0 Å². The van der Waals surface area contributed by atoms with Crippen LogP contribution < -0.4 is 0 Å². The van der Waals surface area contributed by atoms with Crippen molar-refractivity contribution in [3.05, 3.63) is 11.6 Å². The van der Waals surface area contributed by atoms with Gasteiger partial charge in [-0.3, -0.25) is 0 Å². The number of alkyl halides is 1. The summed E-state index contributed by atoms with van der Waals surface area (Å²) in [5.41, 5.74) is 1.24. The second-order valence-electron chi connectivity index (χ2n) is 7.97. The Labute approximate surface area is 124 Å². The highest BCUT2D eigenvalue weighted by Crippen LogP contribution is 2.60. The van der Waals surface area contributed by atoms with E-state index < -0.39 is 5.67 Å². The molecule has 0 spiro atoms. The molecule has 0 saturated heterocycles. The van der Waals surface area contributed by atoms with Crippen molar-refractivity contribution in [1.29, 1.82) is 0 Å². The average Bonchev–Trinajstić information content (AvgIpc) is 2.42. The van der Waals surface area contributed by atoms with Crippen molar-refractivity contribution in [1.82, 2.24) is 0 Å². The van der Waals surface area contributed by atoms with Crippen LogP contribution in [-0.2, 0) is 0 Å². The fourth-order valence-corrected chi connectivity index (χ4v) is 5.79. The quantitative estimate of drug-likeness (QED) is 0.538. The minimum atomic E-state index is -0.883. The van der Waals surface area contributed by atoms with Gasteiger partial charge in [-0.05, 0) is 68.1 Å². The first-order chi connectivity index (χ1) is 9.51. The van der Waals surface area contributed by atoms with Gasteiger partial charge in [-0.1, -0.05) is 45.3 Å². The fraction of sp³-hybridized carbons (Fsp3) is 0.895. The Morgan fingerprint density at radius 2 is 2.10 bits per heavy atom. The third kappa shape index (κ3) is 2.07. The Bertz CT molecular complexity index is 399. The van der Waals surface area contributed by atoms with E-state index in [2.05, 4.69) is 26.8 Å². The molecule has 2 fully saturated rings. The van der Waals surface area contributed by atoms with E-state index >= 15 is 4.39 Å². The molecule has 3 rings (SSSR count). The zero-order valence-corrected chi connectivity index (χ0v) is 13.6. The molecule has 0 aliphatic heterocycles. The minimum absolute atomic E-state index is 0.248. The number of fused-ring (bicyclic) bond motifs is 3. The van der Waals surface area contributed by atoms with Crippen LogP contribution in [0.25, 0.3) is 0 Å². The first-order valence-electron chi connectivity index (χ1n) is 8.90. The van der Waals surface area contributed by atoms with E-state index in [-0.39, 0.29) is 5.92 Å². The molecule has 3 aliphatic rings. The molecule has 3 aliphatic carbocycles. The van der Waals surface area contributed by atoms with Gasteiger partial charge in [-0.2, -0.15) is 0 Å². The maximum Gasteiger partial charge on any atom is 0.113 e. The molecular formula is C19H31F. The molecule has 2 saturated carbocycles. The first-order valence-corrected chi connectivity index (χ1v) is 8.90. The van der Waals surface area contributed by atoms with Crippen molar-refractivity contribution in [3.8, 4) is 0 Å². The van der Waals surface area contributed by atoms with Gasteiger partial charge >= 0.3 is 0 Å². The predicted molar refractivity (Wildman–Crippen MR) is 83.4 cm³/mol. The van der Waals surface area contributed by atoms with Crippen molar-refractivity contribution in [2.45, 2.75) is 84.2 Å². The zero-order valence-electron chi connectivity index (χ0n) is 13.6. The highest BCUT2D eigenvalue weighted by molar-refractivity contribution is 5.23. The summed E-state index contributed by atoms with van der Waals surface area (Å²) in [5.74, 6) is 1.59. The monoisotopic (exact) mass is 278 g/mol. The SMILES string of the molecule is CCCC1(F)CCC2C(CC=C3CCCC[C@@]32C)C1C. The number of hydrogen-bond donors (Lipinski definition) is 0. The summed E-state index contributed by atoms with van der Waals surface area (Å²) in [6, 6.07) is 0. The number of allylic oxidation sites excluding steroid dienone is 2. The molecule has 4 unspecified atom stereocenters. The fourth-order valence-electron chi connectivity index (χ4n) is 5.79. The van der Waals surface area contributed by atoms with E-state index in [1.165, 1.54) is 25.7 Å². The molecule has 0 nitrogen and oxygen atoms in total. The van der Waals surface area contributed by atoms with Gasteiger partial charge in [0.15, 0.2) is 0 Å². The third-order valence-corrected chi connectivity index (χ3v) is 7.09. The molecule has 0 aromatic heterocycles. The van der Waals surface area contributed by atoms with Crippen molar-refractivity contribution < 1.29 is 4.39 Å².